The van der Waals surface area contributed by atoms with Gasteiger partial charge in [-0.3, -0.25) is 4.79 Å². The summed E-state index contributed by atoms with van der Waals surface area (Å²) < 4.78 is 25.0. The van der Waals surface area contributed by atoms with Gasteiger partial charge in [0.1, 0.15) is 0 Å². The van der Waals surface area contributed by atoms with Crippen molar-refractivity contribution in [1.82, 2.24) is 5.32 Å². The quantitative estimate of drug-likeness (QED) is 0.389. The second-order valence-electron chi connectivity index (χ2n) is 11.8. The van der Waals surface area contributed by atoms with Crippen LogP contribution in [0, 0.1) is 0 Å². The number of hydrogen-bond acceptors (Lipinski definition) is 6. The van der Waals surface area contributed by atoms with Crippen molar-refractivity contribution in [3.8, 4) is 0 Å². The van der Waals surface area contributed by atoms with Crippen molar-refractivity contribution in [2.75, 3.05) is 18.4 Å². The fourth-order valence-corrected chi connectivity index (χ4v) is 4.05. The van der Waals surface area contributed by atoms with Crippen molar-refractivity contribution in [3.63, 3.8) is 0 Å². The molecule has 0 bridgehead atoms. The van der Waals surface area contributed by atoms with Gasteiger partial charge in [-0.25, -0.2) is 0 Å². The highest BCUT2D eigenvalue weighted by Crippen LogP contribution is 2.37. The molecule has 2 aromatic carbocycles. The molecule has 2 fully saturated rings. The van der Waals surface area contributed by atoms with E-state index in [9.17, 15) is 4.79 Å². The first-order valence-corrected chi connectivity index (χ1v) is 13.9. The fourth-order valence-electron chi connectivity index (χ4n) is 3.78. The van der Waals surface area contributed by atoms with Gasteiger partial charge in [0.2, 0.25) is 5.91 Å². The van der Waals surface area contributed by atoms with E-state index in [1.54, 1.807) is 0 Å². The van der Waals surface area contributed by atoms with Gasteiger partial charge >= 0.3 is 14.2 Å². The van der Waals surface area contributed by atoms with Gasteiger partial charge in [-0.05, 0) is 90.6 Å². The molecule has 0 aliphatic carbocycles. The predicted octanol–water partition coefficient (Wildman–Crippen LogP) is 4.28. The zero-order chi connectivity index (χ0) is 28.4. The lowest BCUT2D eigenvalue weighted by atomic mass is 9.79. The molecule has 38 heavy (non-hydrogen) atoms. The van der Waals surface area contributed by atoms with Crippen molar-refractivity contribution in [2.24, 2.45) is 0 Å². The van der Waals surface area contributed by atoms with Crippen LogP contribution in [0.25, 0.3) is 0 Å². The average Bonchev–Trinajstić information content (AvgIpc) is 3.17. The van der Waals surface area contributed by atoms with Gasteiger partial charge in [-0.2, -0.15) is 0 Å². The highest BCUT2D eigenvalue weighted by atomic mass is 79.9. The third-order valence-electron chi connectivity index (χ3n) is 7.66. The number of rotatable bonds is 6. The van der Waals surface area contributed by atoms with Crippen LogP contribution < -0.4 is 21.6 Å². The lowest BCUT2D eigenvalue weighted by molar-refractivity contribution is -0.118. The largest absolute Gasteiger partial charge is 0.494 e. The van der Waals surface area contributed by atoms with Crippen LogP contribution in [0.4, 0.5) is 5.69 Å². The minimum Gasteiger partial charge on any atom is -0.399 e. The highest BCUT2D eigenvalue weighted by molar-refractivity contribution is 9.10. The van der Waals surface area contributed by atoms with Crippen molar-refractivity contribution in [3.05, 3.63) is 53.0 Å². The molecule has 10 heteroatoms. The Morgan fingerprint density at radius 2 is 1.05 bits per heavy atom. The Kier molecular flexibility index (Phi) is 9.47. The van der Waals surface area contributed by atoms with Crippen LogP contribution in [0.1, 0.15) is 62.3 Å². The van der Waals surface area contributed by atoms with Gasteiger partial charge in [0.05, 0.1) is 22.4 Å². The Hall–Kier alpha value is -1.84. The Balaban J connectivity index is 0.000000221. The zero-order valence-corrected chi connectivity index (χ0v) is 25.7. The maximum Gasteiger partial charge on any atom is 0.494 e. The van der Waals surface area contributed by atoms with E-state index in [2.05, 4.69) is 54.3 Å². The van der Waals surface area contributed by atoms with E-state index in [-0.39, 0.29) is 42.5 Å². The number of hydrogen-bond donors (Lipinski definition) is 2. The number of benzene rings is 2. The van der Waals surface area contributed by atoms with Crippen LogP contribution in [-0.2, 0) is 23.4 Å². The molecule has 1 amide bonds. The van der Waals surface area contributed by atoms with Crippen molar-refractivity contribution in [2.45, 2.75) is 84.7 Å². The maximum absolute atomic E-state index is 10.8. The molecule has 2 aromatic rings. The summed E-state index contributed by atoms with van der Waals surface area (Å²) in [5, 5.41) is 6.00. The van der Waals surface area contributed by atoms with Gasteiger partial charge < -0.3 is 29.3 Å². The molecule has 2 aliphatic rings. The summed E-state index contributed by atoms with van der Waals surface area (Å²) in [5.41, 5.74) is 1.87. The van der Waals surface area contributed by atoms with Gasteiger partial charge in [0.15, 0.2) is 0 Å². The lowest BCUT2D eigenvalue weighted by Gasteiger charge is -2.32. The number of nitrogens with one attached hydrogen (secondary N) is 2. The number of anilines is 1. The van der Waals surface area contributed by atoms with E-state index in [4.69, 9.17) is 18.6 Å². The van der Waals surface area contributed by atoms with E-state index in [0.29, 0.717) is 13.1 Å². The number of carbonyl (C=O) groups is 1. The van der Waals surface area contributed by atoms with E-state index >= 15 is 0 Å². The van der Waals surface area contributed by atoms with Crippen LogP contribution in [0.2, 0.25) is 0 Å². The van der Waals surface area contributed by atoms with E-state index in [0.717, 1.165) is 21.1 Å². The first-order chi connectivity index (χ1) is 17.5. The lowest BCUT2D eigenvalue weighted by Crippen LogP contribution is -2.41. The minimum absolute atomic E-state index is 0.0158. The van der Waals surface area contributed by atoms with Crippen LogP contribution in [0.5, 0.6) is 0 Å². The number of carbonyl (C=O) groups excluding carboxylic acids is 1. The van der Waals surface area contributed by atoms with Crippen molar-refractivity contribution < 1.29 is 23.4 Å². The van der Waals surface area contributed by atoms with Crippen molar-refractivity contribution in [1.29, 1.82) is 0 Å². The molecule has 2 saturated heterocycles. The van der Waals surface area contributed by atoms with Crippen LogP contribution in [0.15, 0.2) is 53.0 Å². The van der Waals surface area contributed by atoms with E-state index in [1.165, 1.54) is 6.92 Å². The average molecular weight is 587 g/mol. The zero-order valence-electron chi connectivity index (χ0n) is 24.1. The second kappa shape index (κ2) is 11.7. The second-order valence-corrected chi connectivity index (χ2v) is 12.7. The smallest absolute Gasteiger partial charge is 0.399 e. The molecule has 2 aliphatic heterocycles. The topological polar surface area (TPSA) is 78.1 Å². The predicted molar refractivity (Wildman–Crippen MR) is 159 cm³/mol. The molecule has 7 nitrogen and oxygen atoms in total. The minimum atomic E-state index is -0.335. The third-order valence-corrected chi connectivity index (χ3v) is 8.19. The Morgan fingerprint density at radius 3 is 1.42 bits per heavy atom. The molecule has 4 rings (SSSR count). The van der Waals surface area contributed by atoms with Gasteiger partial charge in [0, 0.05) is 30.2 Å². The first kappa shape index (κ1) is 30.7. The molecule has 0 atom stereocenters. The molecule has 0 saturated carbocycles. The molecule has 0 aromatic heterocycles. The molecule has 0 radical (unpaired) electrons. The molecule has 206 valence electrons. The van der Waals surface area contributed by atoms with Crippen molar-refractivity contribution >= 4 is 52.7 Å². The maximum atomic E-state index is 10.8. The SMILES string of the molecule is CC(=O)NCCNc1ccc(B2OC(C)(C)C(C)(C)O2)cc1.CC1(C)OB(c2ccc(Br)cc2)OC1(C)C. The first-order valence-electron chi connectivity index (χ1n) is 13.1. The van der Waals surface area contributed by atoms with E-state index < -0.39 is 0 Å². The summed E-state index contributed by atoms with van der Waals surface area (Å²) in [7, 11) is -0.600. The third kappa shape index (κ3) is 7.42. The molecule has 0 spiro atoms. The summed E-state index contributed by atoms with van der Waals surface area (Å²) >= 11 is 3.42. The summed E-state index contributed by atoms with van der Waals surface area (Å²) in [5.74, 6) is -0.0158. The molecular weight excluding hydrogens is 546 g/mol. The van der Waals surface area contributed by atoms with Crippen LogP contribution in [0.3, 0.4) is 0 Å². The standard InChI is InChI=1S/C16H25BN2O3.C12H16BBrO2/c1-12(20)18-10-11-19-14-8-6-13(7-9-14)17-21-15(2,3)16(4,5)22-17;1-11(2)12(3,4)16-13(15-11)9-5-7-10(14)8-6-9/h6-9,19H,10-11H2,1-5H3,(H,18,20);5-8H,1-4H3. The monoisotopic (exact) mass is 586 g/mol. The van der Waals surface area contributed by atoms with Gasteiger partial charge in [0.25, 0.3) is 0 Å². The number of halogens is 1. The molecule has 0 unspecified atom stereocenters. The Morgan fingerprint density at radius 1 is 0.684 bits per heavy atom. The fraction of sp³-hybridized carbons (Fsp3) is 0.536. The molecular formula is C28H41B2BrN2O5. The summed E-state index contributed by atoms with van der Waals surface area (Å²) in [6.45, 7) is 19.2. The van der Waals surface area contributed by atoms with Crippen LogP contribution in [-0.4, -0.2) is 55.6 Å². The molecule has 2 N–H and O–H groups in total. The Bertz CT molecular complexity index is 1060. The normalized spacial score (nSPS) is 20.5. The number of amides is 1. The van der Waals surface area contributed by atoms with Gasteiger partial charge in [-0.15, -0.1) is 0 Å². The van der Waals surface area contributed by atoms with Crippen LogP contribution >= 0.6 is 15.9 Å². The summed E-state index contributed by atoms with van der Waals surface area (Å²) in [4.78, 5) is 10.8. The Labute approximate surface area is 237 Å². The summed E-state index contributed by atoms with van der Waals surface area (Å²) in [6.07, 6.45) is 0. The highest BCUT2D eigenvalue weighted by Gasteiger charge is 2.52. The van der Waals surface area contributed by atoms with E-state index in [1.807, 2.05) is 76.2 Å². The summed E-state index contributed by atoms with van der Waals surface area (Å²) in [6, 6.07) is 16.0. The van der Waals surface area contributed by atoms with Gasteiger partial charge in [-0.1, -0.05) is 40.2 Å². The molecule has 2 heterocycles.